The minimum Gasteiger partial charge on any atom is -0.355 e. The molecule has 0 aliphatic rings. The smallest absolute Gasteiger partial charge is 0.220 e. The molecule has 16 heavy (non-hydrogen) atoms. The molecule has 0 fully saturated rings. The molecule has 0 atom stereocenters. The van der Waals surface area contributed by atoms with E-state index in [0.717, 1.165) is 6.42 Å². The molecule has 0 aromatic rings. The second-order valence-electron chi connectivity index (χ2n) is 4.43. The number of carbonyl (C=O) groups is 1. The number of nitrogens with one attached hydrogen (secondary N) is 1. The van der Waals surface area contributed by atoms with Crippen LogP contribution < -0.4 is 5.32 Å². The van der Waals surface area contributed by atoms with Crippen LogP contribution in [0.2, 0.25) is 0 Å². The minimum atomic E-state index is -3.00. The van der Waals surface area contributed by atoms with Gasteiger partial charge in [0.15, 0.2) is 9.84 Å². The zero-order chi connectivity index (χ0) is 12.6. The van der Waals surface area contributed by atoms with Crippen LogP contribution in [0.3, 0.4) is 0 Å². The maximum atomic E-state index is 11.5. The molecule has 96 valence electrons. The third kappa shape index (κ3) is 8.71. The van der Waals surface area contributed by atoms with Crippen LogP contribution in [0.5, 0.6) is 0 Å². The van der Waals surface area contributed by atoms with Crippen molar-refractivity contribution in [1.29, 1.82) is 0 Å². The van der Waals surface area contributed by atoms with Gasteiger partial charge in [-0.1, -0.05) is 20.8 Å². The Morgan fingerprint density at radius 2 is 1.88 bits per heavy atom. The van der Waals surface area contributed by atoms with Crippen LogP contribution in [-0.2, 0) is 14.6 Å². The van der Waals surface area contributed by atoms with Gasteiger partial charge in [-0.05, 0) is 18.8 Å². The minimum absolute atomic E-state index is 0.0508. The first-order chi connectivity index (χ1) is 7.37. The summed E-state index contributed by atoms with van der Waals surface area (Å²) in [5.74, 6) is 0.592. The number of carbonyl (C=O) groups excluding carboxylic acids is 1. The van der Waals surface area contributed by atoms with E-state index < -0.39 is 9.84 Å². The van der Waals surface area contributed by atoms with Crippen molar-refractivity contribution in [2.75, 3.05) is 18.1 Å². The van der Waals surface area contributed by atoms with Gasteiger partial charge in [0.25, 0.3) is 0 Å². The number of hydrogen-bond donors (Lipinski definition) is 1. The van der Waals surface area contributed by atoms with Gasteiger partial charge in [-0.3, -0.25) is 4.79 Å². The first-order valence-corrected chi connectivity index (χ1v) is 7.66. The van der Waals surface area contributed by atoms with Gasteiger partial charge >= 0.3 is 0 Å². The van der Waals surface area contributed by atoms with E-state index in [9.17, 15) is 13.2 Å². The lowest BCUT2D eigenvalue weighted by atomic mass is 10.2. The molecule has 1 N–H and O–H groups in total. The lowest BCUT2D eigenvalue weighted by molar-refractivity contribution is -0.120. The SMILES string of the molecule is CCCC(=O)NCCS(=O)(=O)CCC(C)C. The lowest BCUT2D eigenvalue weighted by Gasteiger charge is -2.07. The first kappa shape index (κ1) is 15.4. The molecule has 0 radical (unpaired) electrons. The Kier molecular flexibility index (Phi) is 7.38. The Bertz CT molecular complexity index is 296. The quantitative estimate of drug-likeness (QED) is 0.706. The number of sulfone groups is 1. The van der Waals surface area contributed by atoms with Gasteiger partial charge in [-0.25, -0.2) is 8.42 Å². The number of hydrogen-bond acceptors (Lipinski definition) is 3. The van der Waals surface area contributed by atoms with Crippen LogP contribution >= 0.6 is 0 Å². The summed E-state index contributed by atoms with van der Waals surface area (Å²) in [5.41, 5.74) is 0. The summed E-state index contributed by atoms with van der Waals surface area (Å²) in [6.07, 6.45) is 1.93. The van der Waals surface area contributed by atoms with Crippen molar-refractivity contribution >= 4 is 15.7 Å². The van der Waals surface area contributed by atoms with Gasteiger partial charge in [0.2, 0.25) is 5.91 Å². The van der Waals surface area contributed by atoms with E-state index in [1.807, 2.05) is 20.8 Å². The highest BCUT2D eigenvalue weighted by molar-refractivity contribution is 7.91. The zero-order valence-corrected chi connectivity index (χ0v) is 11.3. The van der Waals surface area contributed by atoms with Crippen molar-refractivity contribution in [3.05, 3.63) is 0 Å². The van der Waals surface area contributed by atoms with Gasteiger partial charge in [0.05, 0.1) is 11.5 Å². The summed E-state index contributed by atoms with van der Waals surface area (Å²) < 4.78 is 23.0. The monoisotopic (exact) mass is 249 g/mol. The molecule has 0 unspecified atom stereocenters. The zero-order valence-electron chi connectivity index (χ0n) is 10.5. The highest BCUT2D eigenvalue weighted by Gasteiger charge is 2.11. The van der Waals surface area contributed by atoms with E-state index >= 15 is 0 Å². The van der Waals surface area contributed by atoms with Crippen LogP contribution in [0.4, 0.5) is 0 Å². The molecule has 4 nitrogen and oxygen atoms in total. The summed E-state index contributed by atoms with van der Waals surface area (Å²) in [5, 5.41) is 2.61. The van der Waals surface area contributed by atoms with E-state index in [1.165, 1.54) is 0 Å². The van der Waals surface area contributed by atoms with Crippen molar-refractivity contribution in [3.63, 3.8) is 0 Å². The predicted octanol–water partition coefficient (Wildman–Crippen LogP) is 1.36. The molecule has 0 aliphatic carbocycles. The highest BCUT2D eigenvalue weighted by Crippen LogP contribution is 2.03. The standard InChI is InChI=1S/C11H23NO3S/c1-4-5-11(13)12-7-9-16(14,15)8-6-10(2)3/h10H,4-9H2,1-3H3,(H,12,13). The van der Waals surface area contributed by atoms with Crippen LogP contribution in [-0.4, -0.2) is 32.4 Å². The fraction of sp³-hybridized carbons (Fsp3) is 0.909. The second kappa shape index (κ2) is 7.65. The van der Waals surface area contributed by atoms with E-state index in [1.54, 1.807) is 0 Å². The van der Waals surface area contributed by atoms with Crippen molar-refractivity contribution in [2.45, 2.75) is 40.0 Å². The van der Waals surface area contributed by atoms with Crippen molar-refractivity contribution < 1.29 is 13.2 Å². The fourth-order valence-electron chi connectivity index (χ4n) is 1.18. The largest absolute Gasteiger partial charge is 0.355 e. The average molecular weight is 249 g/mol. The fourth-order valence-corrected chi connectivity index (χ4v) is 2.63. The molecule has 0 aromatic heterocycles. The Balaban J connectivity index is 3.78. The molecule has 5 heteroatoms. The molecule has 0 bridgehead atoms. The molecule has 1 amide bonds. The Morgan fingerprint density at radius 1 is 1.25 bits per heavy atom. The van der Waals surface area contributed by atoms with Gasteiger partial charge in [-0.2, -0.15) is 0 Å². The molecule has 0 rings (SSSR count). The van der Waals surface area contributed by atoms with E-state index in [-0.39, 0.29) is 24.0 Å². The third-order valence-corrected chi connectivity index (χ3v) is 3.90. The molecular formula is C11H23NO3S. The van der Waals surface area contributed by atoms with Crippen molar-refractivity contribution in [2.24, 2.45) is 5.92 Å². The molecular weight excluding hydrogens is 226 g/mol. The van der Waals surface area contributed by atoms with Crippen molar-refractivity contribution in [3.8, 4) is 0 Å². The van der Waals surface area contributed by atoms with Gasteiger partial charge < -0.3 is 5.32 Å². The molecule has 0 heterocycles. The molecule has 0 saturated heterocycles. The number of rotatable bonds is 8. The van der Waals surface area contributed by atoms with E-state index in [0.29, 0.717) is 18.8 Å². The summed E-state index contributed by atoms with van der Waals surface area (Å²) in [6.45, 7) is 6.15. The predicted molar refractivity (Wildman–Crippen MR) is 66.0 cm³/mol. The molecule has 0 aliphatic heterocycles. The van der Waals surface area contributed by atoms with Gasteiger partial charge in [0, 0.05) is 13.0 Å². The Labute approximate surface area is 98.7 Å². The van der Waals surface area contributed by atoms with E-state index in [2.05, 4.69) is 5.32 Å². The van der Waals surface area contributed by atoms with Gasteiger partial charge in [-0.15, -0.1) is 0 Å². The molecule has 0 saturated carbocycles. The summed E-state index contributed by atoms with van der Waals surface area (Å²) in [6, 6.07) is 0. The van der Waals surface area contributed by atoms with Crippen molar-refractivity contribution in [1.82, 2.24) is 5.32 Å². The number of amides is 1. The van der Waals surface area contributed by atoms with Crippen LogP contribution in [0.15, 0.2) is 0 Å². The summed E-state index contributed by atoms with van der Waals surface area (Å²) >= 11 is 0. The second-order valence-corrected chi connectivity index (χ2v) is 6.74. The summed E-state index contributed by atoms with van der Waals surface area (Å²) in [7, 11) is -3.00. The maximum absolute atomic E-state index is 11.5. The van der Waals surface area contributed by atoms with Gasteiger partial charge in [0.1, 0.15) is 0 Å². The first-order valence-electron chi connectivity index (χ1n) is 5.84. The van der Waals surface area contributed by atoms with Crippen LogP contribution in [0.25, 0.3) is 0 Å². The Hall–Kier alpha value is -0.580. The Morgan fingerprint density at radius 3 is 2.38 bits per heavy atom. The van der Waals surface area contributed by atoms with Crippen LogP contribution in [0, 0.1) is 5.92 Å². The topological polar surface area (TPSA) is 63.2 Å². The van der Waals surface area contributed by atoms with Crippen LogP contribution in [0.1, 0.15) is 40.0 Å². The molecule has 0 spiro atoms. The highest BCUT2D eigenvalue weighted by atomic mass is 32.2. The molecule has 0 aromatic carbocycles. The van der Waals surface area contributed by atoms with E-state index in [4.69, 9.17) is 0 Å². The lowest BCUT2D eigenvalue weighted by Crippen LogP contribution is -2.29. The normalized spacial score (nSPS) is 11.8. The summed E-state index contributed by atoms with van der Waals surface area (Å²) in [4.78, 5) is 11.1. The maximum Gasteiger partial charge on any atom is 0.220 e. The average Bonchev–Trinajstić information content (AvgIpc) is 2.15. The third-order valence-electron chi connectivity index (χ3n) is 2.22.